The van der Waals surface area contributed by atoms with E-state index in [1.54, 1.807) is 12.1 Å². The van der Waals surface area contributed by atoms with Crippen LogP contribution in [0.5, 0.6) is 0 Å². The topological polar surface area (TPSA) is 43.1 Å². The van der Waals surface area contributed by atoms with E-state index in [2.05, 4.69) is 0 Å². The van der Waals surface area contributed by atoms with E-state index in [0.29, 0.717) is 5.56 Å². The number of nitro groups is 1. The normalized spacial score (nSPS) is 10.5. The molecule has 0 aliphatic rings. The molecule has 0 atom stereocenters. The van der Waals surface area contributed by atoms with Crippen LogP contribution in [0.4, 0.5) is 5.69 Å². The van der Waals surface area contributed by atoms with Gasteiger partial charge in [0, 0.05) is 11.5 Å². The Morgan fingerprint density at radius 3 is 2.46 bits per heavy atom. The van der Waals surface area contributed by atoms with Crippen LogP contribution in [-0.2, 0) is 0 Å². The molecule has 0 aliphatic carbocycles. The highest BCUT2D eigenvalue weighted by Gasteiger charge is 2.19. The molecule has 13 heavy (non-hydrogen) atoms. The molecular weight excluding hydrogens is 190 g/mol. The Labute approximate surface area is 81.5 Å². The second kappa shape index (κ2) is 3.75. The van der Waals surface area contributed by atoms with Crippen LogP contribution in [0.15, 0.2) is 18.2 Å². The smallest absolute Gasteiger partial charge is 0.258 e. The average Bonchev–Trinajstić information content (AvgIpc) is 2.02. The maximum Gasteiger partial charge on any atom is 0.291 e. The summed E-state index contributed by atoms with van der Waals surface area (Å²) in [5, 5.41) is 10.8. The lowest BCUT2D eigenvalue weighted by atomic mass is 10.0. The van der Waals surface area contributed by atoms with Crippen LogP contribution in [-0.4, -0.2) is 4.92 Å². The second-order valence-electron chi connectivity index (χ2n) is 2.89. The highest BCUT2D eigenvalue weighted by molar-refractivity contribution is 6.32. The summed E-state index contributed by atoms with van der Waals surface area (Å²) >= 11 is 5.71. The molecule has 4 heteroatoms. The molecule has 1 aromatic rings. The number of hydrogen-bond acceptors (Lipinski definition) is 2. The molecule has 3 nitrogen and oxygen atoms in total. The molecule has 1 aromatic carbocycles. The van der Waals surface area contributed by atoms with E-state index in [-0.39, 0.29) is 10.7 Å². The number of para-hydroxylation sites is 1. The van der Waals surface area contributed by atoms with Gasteiger partial charge in [-0.3, -0.25) is 10.1 Å². The molecule has 0 bridgehead atoms. The lowest BCUT2D eigenvalue weighted by Gasteiger charge is -2.05. The molecule has 0 fully saturated rings. The predicted molar refractivity (Wildman–Crippen MR) is 51.8 cm³/mol. The summed E-state index contributed by atoms with van der Waals surface area (Å²) in [7, 11) is 0. The molecule has 1 rings (SSSR count). The Morgan fingerprint density at radius 2 is 2.08 bits per heavy atom. The molecular formula is C9H9ClNO2. The fourth-order valence-corrected chi connectivity index (χ4v) is 1.35. The van der Waals surface area contributed by atoms with Gasteiger partial charge in [-0.2, -0.15) is 0 Å². The third-order valence-electron chi connectivity index (χ3n) is 1.71. The highest BCUT2D eigenvalue weighted by Crippen LogP contribution is 2.32. The first-order valence-corrected chi connectivity index (χ1v) is 4.15. The first kappa shape index (κ1) is 9.99. The number of benzene rings is 1. The van der Waals surface area contributed by atoms with Gasteiger partial charge >= 0.3 is 0 Å². The van der Waals surface area contributed by atoms with Crippen LogP contribution in [0.2, 0.25) is 5.02 Å². The standard InChI is InChI=1S/C9H9ClNO2/c1-6(2)7-4-3-5-8(10)9(7)11(12)13/h3-5H,1-2H3. The predicted octanol–water partition coefficient (Wildman–Crippen LogP) is 3.21. The molecule has 1 radical (unpaired) electrons. The molecule has 0 aliphatic heterocycles. The maximum atomic E-state index is 10.7. The summed E-state index contributed by atoms with van der Waals surface area (Å²) in [5.41, 5.74) is 0.585. The van der Waals surface area contributed by atoms with E-state index < -0.39 is 4.92 Å². The van der Waals surface area contributed by atoms with Crippen molar-refractivity contribution in [1.82, 2.24) is 0 Å². The fourth-order valence-electron chi connectivity index (χ4n) is 1.10. The van der Waals surface area contributed by atoms with Crippen LogP contribution < -0.4 is 0 Å². The Bertz CT molecular complexity index is 336. The van der Waals surface area contributed by atoms with Gasteiger partial charge in [0.05, 0.1) is 4.92 Å². The van der Waals surface area contributed by atoms with Gasteiger partial charge in [0.2, 0.25) is 0 Å². The van der Waals surface area contributed by atoms with Crippen LogP contribution in [0.25, 0.3) is 0 Å². The molecule has 0 aromatic heterocycles. The lowest BCUT2D eigenvalue weighted by molar-refractivity contribution is -0.385. The molecule has 0 heterocycles. The van der Waals surface area contributed by atoms with Crippen molar-refractivity contribution in [3.8, 4) is 0 Å². The van der Waals surface area contributed by atoms with Gasteiger partial charge in [-0.1, -0.05) is 37.6 Å². The third kappa shape index (κ3) is 1.98. The van der Waals surface area contributed by atoms with Gasteiger partial charge in [0.1, 0.15) is 5.02 Å². The molecule has 0 saturated heterocycles. The van der Waals surface area contributed by atoms with Crippen molar-refractivity contribution in [1.29, 1.82) is 0 Å². The van der Waals surface area contributed by atoms with Crippen molar-refractivity contribution < 1.29 is 4.92 Å². The van der Waals surface area contributed by atoms with Crippen LogP contribution in [0.3, 0.4) is 0 Å². The van der Waals surface area contributed by atoms with Crippen molar-refractivity contribution in [3.05, 3.63) is 44.8 Å². The van der Waals surface area contributed by atoms with E-state index >= 15 is 0 Å². The Balaban J connectivity index is 3.34. The maximum absolute atomic E-state index is 10.7. The molecule has 0 saturated carbocycles. The fraction of sp³-hybridized carbons (Fsp3) is 0.222. The quantitative estimate of drug-likeness (QED) is 0.541. The minimum atomic E-state index is -0.454. The van der Waals surface area contributed by atoms with Crippen LogP contribution in [0.1, 0.15) is 19.4 Å². The minimum absolute atomic E-state index is 0.0100. The van der Waals surface area contributed by atoms with Gasteiger partial charge < -0.3 is 0 Å². The first-order valence-electron chi connectivity index (χ1n) is 3.77. The first-order chi connectivity index (χ1) is 6.04. The zero-order valence-electron chi connectivity index (χ0n) is 7.37. The zero-order valence-corrected chi connectivity index (χ0v) is 8.13. The minimum Gasteiger partial charge on any atom is -0.258 e. The summed E-state index contributed by atoms with van der Waals surface area (Å²) in [5.74, 6) is 0.884. The Morgan fingerprint density at radius 1 is 1.46 bits per heavy atom. The van der Waals surface area contributed by atoms with E-state index in [1.807, 2.05) is 13.8 Å². The van der Waals surface area contributed by atoms with Crippen molar-refractivity contribution in [3.63, 3.8) is 0 Å². The van der Waals surface area contributed by atoms with E-state index in [0.717, 1.165) is 5.92 Å². The summed E-state index contributed by atoms with van der Waals surface area (Å²) in [6, 6.07) is 4.92. The van der Waals surface area contributed by atoms with Gasteiger partial charge in [-0.15, -0.1) is 0 Å². The third-order valence-corrected chi connectivity index (χ3v) is 2.01. The second-order valence-corrected chi connectivity index (χ2v) is 3.30. The largest absolute Gasteiger partial charge is 0.291 e. The van der Waals surface area contributed by atoms with Crippen molar-refractivity contribution in [2.45, 2.75) is 13.8 Å². The summed E-state index contributed by atoms with van der Waals surface area (Å²) < 4.78 is 0. The van der Waals surface area contributed by atoms with E-state index in [1.165, 1.54) is 6.07 Å². The Hall–Kier alpha value is -1.09. The molecule has 69 valence electrons. The monoisotopic (exact) mass is 198 g/mol. The number of nitrogens with zero attached hydrogens (tertiary/aromatic N) is 1. The summed E-state index contributed by atoms with van der Waals surface area (Å²) in [6.45, 7) is 3.64. The lowest BCUT2D eigenvalue weighted by Crippen LogP contribution is -1.98. The van der Waals surface area contributed by atoms with Crippen molar-refractivity contribution in [2.24, 2.45) is 0 Å². The van der Waals surface area contributed by atoms with E-state index in [9.17, 15) is 10.1 Å². The SMILES string of the molecule is C[C](C)c1cccc(Cl)c1[N+](=O)[O-]. The van der Waals surface area contributed by atoms with Crippen LogP contribution in [0, 0.1) is 16.0 Å². The summed E-state index contributed by atoms with van der Waals surface area (Å²) in [4.78, 5) is 10.2. The molecule has 0 spiro atoms. The van der Waals surface area contributed by atoms with Gasteiger partial charge in [-0.25, -0.2) is 0 Å². The average molecular weight is 199 g/mol. The number of rotatable bonds is 2. The van der Waals surface area contributed by atoms with Crippen molar-refractivity contribution in [2.75, 3.05) is 0 Å². The molecule has 0 N–H and O–H groups in total. The number of hydrogen-bond donors (Lipinski definition) is 0. The molecule has 0 unspecified atom stereocenters. The number of nitro benzene ring substituents is 1. The van der Waals surface area contributed by atoms with Crippen molar-refractivity contribution >= 4 is 17.3 Å². The number of halogens is 1. The zero-order chi connectivity index (χ0) is 10.0. The van der Waals surface area contributed by atoms with Gasteiger partial charge in [0.25, 0.3) is 5.69 Å². The molecule has 0 amide bonds. The van der Waals surface area contributed by atoms with Gasteiger partial charge in [-0.05, 0) is 6.07 Å². The van der Waals surface area contributed by atoms with E-state index in [4.69, 9.17) is 11.6 Å². The highest BCUT2D eigenvalue weighted by atomic mass is 35.5. The van der Waals surface area contributed by atoms with Gasteiger partial charge in [0.15, 0.2) is 0 Å². The summed E-state index contributed by atoms with van der Waals surface area (Å²) in [6.07, 6.45) is 0. The van der Waals surface area contributed by atoms with Crippen LogP contribution >= 0.6 is 11.6 Å². The Kier molecular flexibility index (Phi) is 2.88.